The van der Waals surface area contributed by atoms with E-state index in [1.165, 1.54) is 15.6 Å². The molecule has 17 heavy (non-hydrogen) atoms. The summed E-state index contributed by atoms with van der Waals surface area (Å²) in [6.07, 6.45) is 1.76. The predicted molar refractivity (Wildman–Crippen MR) is 69.8 cm³/mol. The summed E-state index contributed by atoms with van der Waals surface area (Å²) in [5, 5.41) is 0. The van der Waals surface area contributed by atoms with E-state index in [4.69, 9.17) is 5.73 Å². The zero-order chi connectivity index (χ0) is 12.6. The number of thiophene rings is 1. The quantitative estimate of drug-likeness (QED) is 0.888. The summed E-state index contributed by atoms with van der Waals surface area (Å²) in [4.78, 5) is 2.35. The highest BCUT2D eigenvalue weighted by Crippen LogP contribution is 2.28. The van der Waals surface area contributed by atoms with E-state index in [9.17, 15) is 8.42 Å². The molecule has 4 nitrogen and oxygen atoms in total. The molecule has 0 unspecified atom stereocenters. The average molecular weight is 274 g/mol. The van der Waals surface area contributed by atoms with E-state index in [0.717, 1.165) is 22.6 Å². The first-order chi connectivity index (χ1) is 7.91. The van der Waals surface area contributed by atoms with Gasteiger partial charge in [-0.05, 0) is 32.8 Å². The zero-order valence-corrected chi connectivity index (χ0v) is 11.8. The summed E-state index contributed by atoms with van der Waals surface area (Å²) in [5.41, 5.74) is 5.84. The number of sulfonamides is 1. The predicted octanol–water partition coefficient (Wildman–Crippen LogP) is 1.48. The number of nitrogens with zero attached hydrogens (tertiary/aromatic N) is 1. The van der Waals surface area contributed by atoms with Crippen molar-refractivity contribution in [1.82, 2.24) is 4.31 Å². The third-order valence-electron chi connectivity index (χ3n) is 3.03. The molecule has 0 saturated carbocycles. The highest BCUT2D eigenvalue weighted by atomic mass is 32.2. The number of hydrogen-bond acceptors (Lipinski definition) is 4. The molecular weight excluding hydrogens is 256 g/mol. The van der Waals surface area contributed by atoms with Crippen LogP contribution >= 0.6 is 11.3 Å². The summed E-state index contributed by atoms with van der Waals surface area (Å²) in [5.74, 6) is 0. The largest absolute Gasteiger partial charge is 0.327 e. The second-order valence-corrected chi connectivity index (χ2v) is 7.91. The maximum atomic E-state index is 12.4. The van der Waals surface area contributed by atoms with Crippen molar-refractivity contribution in [2.45, 2.75) is 37.6 Å². The minimum atomic E-state index is -3.34. The highest BCUT2D eigenvalue weighted by Gasteiger charge is 2.30. The molecule has 0 aromatic carbocycles. The summed E-state index contributed by atoms with van der Waals surface area (Å²) in [6, 6.07) is 1.73. The summed E-state index contributed by atoms with van der Waals surface area (Å²) in [6.45, 7) is 4.81. The Morgan fingerprint density at radius 3 is 2.71 bits per heavy atom. The molecule has 1 aromatic rings. The van der Waals surface area contributed by atoms with Crippen LogP contribution in [0, 0.1) is 13.8 Å². The van der Waals surface area contributed by atoms with Crippen molar-refractivity contribution >= 4 is 21.4 Å². The molecule has 6 heteroatoms. The number of nitrogens with two attached hydrogens (primary N) is 1. The molecule has 1 aliphatic rings. The van der Waals surface area contributed by atoms with E-state index in [-0.39, 0.29) is 6.04 Å². The van der Waals surface area contributed by atoms with Crippen molar-refractivity contribution in [2.75, 3.05) is 13.1 Å². The Morgan fingerprint density at radius 2 is 2.18 bits per heavy atom. The van der Waals surface area contributed by atoms with Gasteiger partial charge in [-0.1, -0.05) is 0 Å². The molecule has 2 heterocycles. The Bertz CT molecular complexity index is 508. The maximum absolute atomic E-state index is 12.4. The van der Waals surface area contributed by atoms with Crippen molar-refractivity contribution in [3.8, 4) is 0 Å². The fourth-order valence-electron chi connectivity index (χ4n) is 2.19. The molecule has 2 rings (SSSR count). The van der Waals surface area contributed by atoms with Crippen LogP contribution in [0.4, 0.5) is 0 Å². The van der Waals surface area contributed by atoms with Crippen molar-refractivity contribution in [3.05, 3.63) is 15.8 Å². The van der Waals surface area contributed by atoms with Crippen LogP contribution in [0.5, 0.6) is 0 Å². The van der Waals surface area contributed by atoms with Crippen LogP contribution in [0.1, 0.15) is 22.6 Å². The van der Waals surface area contributed by atoms with E-state index >= 15 is 0 Å². The standard InChI is InChI=1S/C11H18N2O2S2/c1-8-6-11(9(2)16-8)17(14,15)13-5-3-4-10(12)7-13/h6,10H,3-5,7,12H2,1-2H3/t10-/m1/s1. The van der Waals surface area contributed by atoms with Crippen LogP contribution in [0.15, 0.2) is 11.0 Å². The van der Waals surface area contributed by atoms with Gasteiger partial charge in [0.15, 0.2) is 0 Å². The van der Waals surface area contributed by atoms with Crippen LogP contribution in [0.3, 0.4) is 0 Å². The van der Waals surface area contributed by atoms with Crippen LogP contribution in [0.2, 0.25) is 0 Å². The number of rotatable bonds is 2. The van der Waals surface area contributed by atoms with Gasteiger partial charge in [-0.15, -0.1) is 11.3 Å². The van der Waals surface area contributed by atoms with Crippen LogP contribution in [-0.2, 0) is 10.0 Å². The Balaban J connectivity index is 2.33. The zero-order valence-electron chi connectivity index (χ0n) is 10.1. The lowest BCUT2D eigenvalue weighted by Crippen LogP contribution is -2.45. The Labute approximate surface area is 106 Å². The Kier molecular flexibility index (Phi) is 3.58. The molecule has 0 radical (unpaired) electrons. The smallest absolute Gasteiger partial charge is 0.244 e. The fraction of sp³-hybridized carbons (Fsp3) is 0.636. The summed E-state index contributed by atoms with van der Waals surface area (Å²) < 4.78 is 26.4. The molecule has 0 amide bonds. The van der Waals surface area contributed by atoms with E-state index in [0.29, 0.717) is 18.0 Å². The third kappa shape index (κ3) is 2.54. The average Bonchev–Trinajstić information content (AvgIpc) is 2.58. The SMILES string of the molecule is Cc1cc(S(=O)(=O)N2CCC[C@@H](N)C2)c(C)s1. The van der Waals surface area contributed by atoms with Gasteiger partial charge in [0.25, 0.3) is 0 Å². The van der Waals surface area contributed by atoms with Gasteiger partial charge >= 0.3 is 0 Å². The molecule has 1 aromatic heterocycles. The van der Waals surface area contributed by atoms with Gasteiger partial charge in [0.2, 0.25) is 10.0 Å². The van der Waals surface area contributed by atoms with E-state index in [1.807, 2.05) is 13.8 Å². The normalized spacial score (nSPS) is 22.9. The lowest BCUT2D eigenvalue weighted by molar-refractivity contribution is 0.316. The number of aryl methyl sites for hydroxylation is 2. The molecule has 0 aliphatic carbocycles. The second-order valence-electron chi connectivity index (χ2n) is 4.54. The monoisotopic (exact) mass is 274 g/mol. The van der Waals surface area contributed by atoms with Crippen molar-refractivity contribution in [3.63, 3.8) is 0 Å². The molecule has 0 spiro atoms. The van der Waals surface area contributed by atoms with Gasteiger partial charge in [0, 0.05) is 28.9 Å². The first-order valence-corrected chi connectivity index (χ1v) is 7.99. The van der Waals surface area contributed by atoms with E-state index < -0.39 is 10.0 Å². The van der Waals surface area contributed by atoms with Gasteiger partial charge in [-0.3, -0.25) is 0 Å². The van der Waals surface area contributed by atoms with Crippen LogP contribution < -0.4 is 5.73 Å². The lowest BCUT2D eigenvalue weighted by Gasteiger charge is -2.29. The van der Waals surface area contributed by atoms with Gasteiger partial charge in [0.05, 0.1) is 4.90 Å². The molecule has 1 saturated heterocycles. The minimum Gasteiger partial charge on any atom is -0.327 e. The molecule has 1 atom stereocenters. The molecule has 96 valence electrons. The van der Waals surface area contributed by atoms with Gasteiger partial charge in [0.1, 0.15) is 0 Å². The van der Waals surface area contributed by atoms with Gasteiger partial charge < -0.3 is 5.73 Å². The molecule has 1 aliphatic heterocycles. The third-order valence-corrected chi connectivity index (χ3v) is 6.12. The number of piperidine rings is 1. The first-order valence-electron chi connectivity index (χ1n) is 5.74. The first kappa shape index (κ1) is 13.0. The fourth-order valence-corrected chi connectivity index (χ4v) is 5.25. The molecular formula is C11H18N2O2S2. The van der Waals surface area contributed by atoms with Crippen LogP contribution in [-0.4, -0.2) is 31.9 Å². The Morgan fingerprint density at radius 1 is 1.47 bits per heavy atom. The molecule has 2 N–H and O–H groups in total. The maximum Gasteiger partial charge on any atom is 0.244 e. The van der Waals surface area contributed by atoms with E-state index in [1.54, 1.807) is 6.07 Å². The number of hydrogen-bond donors (Lipinski definition) is 1. The summed E-state index contributed by atoms with van der Waals surface area (Å²) >= 11 is 1.52. The van der Waals surface area contributed by atoms with Crippen LogP contribution in [0.25, 0.3) is 0 Å². The van der Waals surface area contributed by atoms with Gasteiger partial charge in [-0.2, -0.15) is 4.31 Å². The summed E-state index contributed by atoms with van der Waals surface area (Å²) in [7, 11) is -3.34. The topological polar surface area (TPSA) is 63.4 Å². The van der Waals surface area contributed by atoms with Gasteiger partial charge in [-0.25, -0.2) is 8.42 Å². The van der Waals surface area contributed by atoms with E-state index in [2.05, 4.69) is 0 Å². The molecule has 0 bridgehead atoms. The Hall–Kier alpha value is -0.430. The second kappa shape index (κ2) is 4.68. The molecule has 1 fully saturated rings. The highest BCUT2D eigenvalue weighted by molar-refractivity contribution is 7.89. The lowest BCUT2D eigenvalue weighted by atomic mass is 10.1. The van der Waals surface area contributed by atoms with Crippen molar-refractivity contribution < 1.29 is 8.42 Å². The van der Waals surface area contributed by atoms with Crippen molar-refractivity contribution in [1.29, 1.82) is 0 Å². The van der Waals surface area contributed by atoms with Crippen molar-refractivity contribution in [2.24, 2.45) is 5.73 Å². The minimum absolute atomic E-state index is 0.0291.